The molecule has 2 aromatic heterocycles. The molecule has 4 aromatic rings. The largest absolute Gasteiger partial charge is 0.370 e. The molecule has 2 aromatic carbocycles. The molecule has 7 atom stereocenters. The molecule has 0 radical (unpaired) electrons. The molecule has 24 heteroatoms. The lowest BCUT2D eigenvalue weighted by molar-refractivity contribution is -0.146. The summed E-state index contributed by atoms with van der Waals surface area (Å²) < 4.78 is 0. The van der Waals surface area contributed by atoms with E-state index in [1.165, 1.54) is 50.4 Å². The molecule has 416 valence electrons. The second-order valence-corrected chi connectivity index (χ2v) is 19.4. The Kier molecular flexibility index (Phi) is 22.5. The first-order chi connectivity index (χ1) is 36.8. The summed E-state index contributed by atoms with van der Waals surface area (Å²) in [7, 11) is 4.14. The average Bonchev–Trinajstić information content (AvgIpc) is 4.08. The number of nitrogens with one attached hydrogen (secondary N) is 7. The first kappa shape index (κ1) is 59.6. The molecule has 1 saturated heterocycles. The number of unbranched alkanes of at least 4 members (excludes halogenated alkanes) is 1. The van der Waals surface area contributed by atoms with Crippen LogP contribution in [0.25, 0.3) is 10.9 Å². The molecule has 3 heterocycles. The van der Waals surface area contributed by atoms with Crippen LogP contribution in [-0.2, 0) is 62.4 Å². The third kappa shape index (κ3) is 17.4. The van der Waals surface area contributed by atoms with Crippen LogP contribution in [-0.4, -0.2) is 165 Å². The Morgan fingerprint density at radius 2 is 1.45 bits per heavy atom. The highest BCUT2D eigenvalue weighted by Crippen LogP contribution is 2.22. The Hall–Kier alpha value is -8.31. The van der Waals surface area contributed by atoms with Gasteiger partial charge in [-0.05, 0) is 55.7 Å². The molecule has 0 saturated carbocycles. The standard InChI is InChI=1S/C53H75N15O9/c1-6-7-19-38(62-32(2)69)47(72)63-41-28-45(70)58-23-14-13-21-42(46(54)71)66(3)51(76)40(26-34-29-60-37-20-12-11-18-36(34)37)65-48(73)43(22-15-24-59-53(55)56)67(4)50(75)39(25-33-16-9-8-10-17-33)64-49(74)44(68(5)52(41)77)27-35-30-57-31-61-35/h8-12,16-18,20,29-31,38-44,60H,6-7,13-15,19,21-28H2,1-5H3,(H2,54,71)(H,57,61)(H,58,70)(H,62,69)(H,63,72)(H,64,74)(H,65,73)(H4,55,56,59)/t38-,39+,40-,41-,42-,43-,44-/m0/s1. The van der Waals surface area contributed by atoms with Gasteiger partial charge in [-0.2, -0.15) is 0 Å². The summed E-state index contributed by atoms with van der Waals surface area (Å²) in [5.41, 5.74) is 19.7. The van der Waals surface area contributed by atoms with Gasteiger partial charge in [-0.25, -0.2) is 4.98 Å². The number of likely N-dealkylation sites (N-methyl/N-ethyl adjacent to an activating group) is 3. The fourth-order valence-corrected chi connectivity index (χ4v) is 9.38. The molecule has 0 bridgehead atoms. The van der Waals surface area contributed by atoms with Crippen molar-refractivity contribution in [1.29, 1.82) is 0 Å². The number of nitrogens with two attached hydrogens (primary N) is 3. The summed E-state index contributed by atoms with van der Waals surface area (Å²) in [6, 6.07) is 7.03. The van der Waals surface area contributed by atoms with Crippen molar-refractivity contribution >= 4 is 70.0 Å². The number of nitrogens with zero attached hydrogens (tertiary/aromatic N) is 5. The van der Waals surface area contributed by atoms with Gasteiger partial charge in [-0.3, -0.25) is 48.1 Å². The van der Waals surface area contributed by atoms with Gasteiger partial charge in [0.2, 0.25) is 53.2 Å². The topological polar surface area (TPSA) is 358 Å². The van der Waals surface area contributed by atoms with Crippen LogP contribution in [0.5, 0.6) is 0 Å². The number of benzene rings is 2. The second kappa shape index (κ2) is 29.1. The molecule has 24 nitrogen and oxygen atoms in total. The predicted molar refractivity (Wildman–Crippen MR) is 288 cm³/mol. The third-order valence-corrected chi connectivity index (χ3v) is 13.7. The number of fused-ring (bicyclic) bond motifs is 1. The Morgan fingerprint density at radius 3 is 2.12 bits per heavy atom. The van der Waals surface area contributed by atoms with Gasteiger partial charge < -0.3 is 68.5 Å². The number of aliphatic imine (C=N–C) groups is 1. The van der Waals surface area contributed by atoms with Crippen LogP contribution in [0.4, 0.5) is 0 Å². The van der Waals surface area contributed by atoms with Crippen LogP contribution in [0, 0.1) is 0 Å². The van der Waals surface area contributed by atoms with Crippen LogP contribution < -0.4 is 43.8 Å². The molecule has 1 fully saturated rings. The van der Waals surface area contributed by atoms with E-state index in [0.29, 0.717) is 29.7 Å². The van der Waals surface area contributed by atoms with Gasteiger partial charge in [0.15, 0.2) is 5.96 Å². The maximum Gasteiger partial charge on any atom is 0.246 e. The zero-order valence-corrected chi connectivity index (χ0v) is 44.5. The van der Waals surface area contributed by atoms with Gasteiger partial charge in [0.1, 0.15) is 42.3 Å². The highest BCUT2D eigenvalue weighted by atomic mass is 16.2. The SMILES string of the molecule is CCCC[C@H](NC(C)=O)C(=O)N[C@H]1CC(=O)NCCCC[C@@H](C(N)=O)N(C)C(=O)[C@H](Cc2c[nH]c3ccccc23)NC(=O)[C@H](CCCN=C(N)N)N(C)C(=O)[C@@H](Cc2ccccc2)NC(=O)[C@H](Cc2cnc[nH]2)N(C)C1=O. The van der Waals surface area contributed by atoms with Crippen molar-refractivity contribution in [3.8, 4) is 0 Å². The van der Waals surface area contributed by atoms with Crippen LogP contribution in [0.3, 0.4) is 0 Å². The van der Waals surface area contributed by atoms with E-state index < -0.39 is 102 Å². The van der Waals surface area contributed by atoms with Crippen molar-refractivity contribution in [2.75, 3.05) is 34.2 Å². The average molecular weight is 1070 g/mol. The van der Waals surface area contributed by atoms with E-state index >= 15 is 9.59 Å². The maximum atomic E-state index is 15.2. The second-order valence-electron chi connectivity index (χ2n) is 19.4. The van der Waals surface area contributed by atoms with Gasteiger partial charge >= 0.3 is 0 Å². The van der Waals surface area contributed by atoms with Crippen molar-refractivity contribution < 1.29 is 43.2 Å². The number of aromatic nitrogens is 3. The summed E-state index contributed by atoms with van der Waals surface area (Å²) in [5, 5.41) is 14.6. The predicted octanol–water partition coefficient (Wildman–Crippen LogP) is -0.222. The highest BCUT2D eigenvalue weighted by molar-refractivity contribution is 5.99. The molecule has 5 rings (SSSR count). The lowest BCUT2D eigenvalue weighted by Gasteiger charge is -2.35. The van der Waals surface area contributed by atoms with E-state index in [0.717, 1.165) is 15.8 Å². The van der Waals surface area contributed by atoms with E-state index in [1.807, 2.05) is 31.2 Å². The zero-order valence-electron chi connectivity index (χ0n) is 44.5. The molecule has 1 aliphatic rings. The first-order valence-corrected chi connectivity index (χ1v) is 25.9. The Labute approximate surface area is 447 Å². The quantitative estimate of drug-likeness (QED) is 0.0373. The zero-order chi connectivity index (χ0) is 56.2. The van der Waals surface area contributed by atoms with Gasteiger partial charge in [-0.15, -0.1) is 0 Å². The molecule has 1 aliphatic heterocycles. The minimum absolute atomic E-state index is 0.0224. The van der Waals surface area contributed by atoms with Crippen LogP contribution in [0.2, 0.25) is 0 Å². The summed E-state index contributed by atoms with van der Waals surface area (Å²) in [4.78, 5) is 146. The molecule has 0 unspecified atom stereocenters. The minimum atomic E-state index is -1.56. The smallest absolute Gasteiger partial charge is 0.246 e. The van der Waals surface area contributed by atoms with Crippen molar-refractivity contribution in [2.45, 2.75) is 133 Å². The Balaban J connectivity index is 1.62. The number of carbonyl (C=O) groups excluding carboxylic acids is 9. The van der Waals surface area contributed by atoms with E-state index in [2.05, 4.69) is 46.5 Å². The summed E-state index contributed by atoms with van der Waals surface area (Å²) in [6.45, 7) is 3.29. The molecule has 0 spiro atoms. The van der Waals surface area contributed by atoms with Crippen molar-refractivity contribution in [2.24, 2.45) is 22.2 Å². The number of guanidine groups is 1. The molecular formula is C53H75N15O9. The molecule has 13 N–H and O–H groups in total. The summed E-state index contributed by atoms with van der Waals surface area (Å²) in [5.74, 6) is -6.63. The lowest BCUT2D eigenvalue weighted by atomic mass is 9.99. The van der Waals surface area contributed by atoms with Crippen LogP contribution in [0.1, 0.15) is 88.5 Å². The molecule has 77 heavy (non-hydrogen) atoms. The summed E-state index contributed by atoms with van der Waals surface area (Å²) >= 11 is 0. The van der Waals surface area contributed by atoms with Gasteiger partial charge in [0.05, 0.1) is 12.7 Å². The van der Waals surface area contributed by atoms with E-state index in [1.54, 1.807) is 36.5 Å². The number of carbonyl (C=O) groups is 9. The fourth-order valence-electron chi connectivity index (χ4n) is 9.38. The number of hydrogen-bond donors (Lipinski definition) is 10. The lowest BCUT2D eigenvalue weighted by Crippen LogP contribution is -2.61. The number of para-hydroxylation sites is 1. The van der Waals surface area contributed by atoms with Crippen LogP contribution >= 0.6 is 0 Å². The van der Waals surface area contributed by atoms with Crippen molar-refractivity contribution in [1.82, 2.24) is 56.2 Å². The first-order valence-electron chi connectivity index (χ1n) is 25.9. The van der Waals surface area contributed by atoms with Crippen molar-refractivity contribution in [3.63, 3.8) is 0 Å². The molecular weight excluding hydrogens is 991 g/mol. The van der Waals surface area contributed by atoms with Crippen LogP contribution in [0.15, 0.2) is 78.3 Å². The third-order valence-electron chi connectivity index (χ3n) is 13.7. The number of amides is 9. The number of primary amides is 1. The molecule has 0 aliphatic carbocycles. The van der Waals surface area contributed by atoms with Crippen molar-refractivity contribution in [3.05, 3.63) is 90.1 Å². The van der Waals surface area contributed by atoms with E-state index in [4.69, 9.17) is 17.2 Å². The number of H-pyrrole nitrogens is 2. The monoisotopic (exact) mass is 1070 g/mol. The summed E-state index contributed by atoms with van der Waals surface area (Å²) in [6.07, 6.45) is 5.97. The number of aromatic amines is 2. The molecule has 9 amide bonds. The Morgan fingerprint density at radius 1 is 0.792 bits per heavy atom. The normalized spacial score (nSPS) is 21.4. The number of hydrogen-bond acceptors (Lipinski definition) is 11. The highest BCUT2D eigenvalue weighted by Gasteiger charge is 2.40. The fraction of sp³-hybridized carbons (Fsp3) is 0.491. The number of imidazole rings is 1. The number of rotatable bonds is 17. The van der Waals surface area contributed by atoms with Gasteiger partial charge in [-0.1, -0.05) is 68.3 Å². The Bertz CT molecular complexity index is 2690. The minimum Gasteiger partial charge on any atom is -0.370 e. The van der Waals surface area contributed by atoms with E-state index in [-0.39, 0.29) is 76.8 Å². The van der Waals surface area contributed by atoms with Gasteiger partial charge in [0.25, 0.3) is 0 Å². The van der Waals surface area contributed by atoms with Gasteiger partial charge in [0, 0.05) is 89.4 Å². The van der Waals surface area contributed by atoms with E-state index in [9.17, 15) is 33.6 Å². The maximum absolute atomic E-state index is 15.2.